The van der Waals surface area contributed by atoms with Crippen LogP contribution < -0.4 is 22.1 Å². The van der Waals surface area contributed by atoms with Gasteiger partial charge in [0.2, 0.25) is 17.7 Å². The molecule has 3 rings (SSSR count). The van der Waals surface area contributed by atoms with E-state index in [2.05, 4.69) is 15.6 Å². The maximum Gasteiger partial charge on any atom is 0.249 e. The van der Waals surface area contributed by atoms with Gasteiger partial charge >= 0.3 is 0 Å². The number of carbonyl (C=O) groups excluding carboxylic acids is 4. The van der Waals surface area contributed by atoms with Crippen molar-refractivity contribution in [2.45, 2.75) is 69.2 Å². The van der Waals surface area contributed by atoms with Gasteiger partial charge in [-0.3, -0.25) is 19.4 Å². The molecule has 1 fully saturated rings. The Morgan fingerprint density at radius 3 is 2.40 bits per heavy atom. The lowest BCUT2D eigenvalue weighted by Crippen LogP contribution is -2.56. The molecule has 0 spiro atoms. The zero-order chi connectivity index (χ0) is 30.5. The molecule has 0 saturated carbocycles. The van der Waals surface area contributed by atoms with Gasteiger partial charge in [-0.2, -0.15) is 0 Å². The first-order chi connectivity index (χ1) is 20.2. The monoisotopic (exact) mass is 580 g/mol. The number of aliphatic hydroxyl groups is 1. The lowest BCUT2D eigenvalue weighted by atomic mass is 10.0. The molecular weight excluding hydrogens is 540 g/mol. The van der Waals surface area contributed by atoms with E-state index in [-0.39, 0.29) is 24.6 Å². The summed E-state index contributed by atoms with van der Waals surface area (Å²) in [5.41, 5.74) is 12.2. The van der Waals surface area contributed by atoms with E-state index in [1.165, 1.54) is 17.0 Å². The highest BCUT2D eigenvalue weighted by molar-refractivity contribution is 5.94. The smallest absolute Gasteiger partial charge is 0.249 e. The minimum absolute atomic E-state index is 0.00325. The van der Waals surface area contributed by atoms with Gasteiger partial charge in [-0.05, 0) is 61.8 Å². The predicted octanol–water partition coefficient (Wildman–Crippen LogP) is 0.142. The Bertz CT molecular complexity index is 1220. The minimum atomic E-state index is -1.42. The van der Waals surface area contributed by atoms with E-state index in [4.69, 9.17) is 11.5 Å². The molecule has 42 heavy (non-hydrogen) atoms. The van der Waals surface area contributed by atoms with Crippen LogP contribution in [0.4, 0.5) is 0 Å². The van der Waals surface area contributed by atoms with Gasteiger partial charge < -0.3 is 42.0 Å². The number of aryl methyl sites for hydroxylation is 1. The maximum atomic E-state index is 13.8. The average Bonchev–Trinajstić information content (AvgIpc) is 3.48. The number of hydrogen-bond donors (Lipinski definition) is 6. The first-order valence-electron chi connectivity index (χ1n) is 14.1. The molecule has 8 N–H and O–H groups in total. The molecule has 226 valence electrons. The second-order valence-corrected chi connectivity index (χ2v) is 10.4. The van der Waals surface area contributed by atoms with Gasteiger partial charge in [0.1, 0.15) is 30.2 Å². The molecule has 0 radical (unpaired) electrons. The van der Waals surface area contributed by atoms with E-state index in [0.29, 0.717) is 57.0 Å². The Morgan fingerprint density at radius 2 is 1.74 bits per heavy atom. The standard InChI is InChI=1S/C30H40N6O6/c31-30(32)33-16-4-8-22(19-37)34-27(40)25-9-5-17-36(25)29(42)24(15-12-20-6-2-1-3-7-20)35-28(41)26(39)18-21-10-13-23(38)14-11-21/h1-3,6-7,10-11,13-14,19,22,24-26,38-39H,4-5,8-9,12,15-18H2,(H,34,40)(H,35,41)(H4,31,32,33)/t22?,24-,25+,26-/m1/s1. The van der Waals surface area contributed by atoms with E-state index >= 15 is 0 Å². The molecule has 12 heteroatoms. The van der Waals surface area contributed by atoms with Gasteiger partial charge in [0.05, 0.1) is 6.04 Å². The SMILES string of the molecule is NC(N)=NCCCC(C=O)NC(=O)[C@@H]1CCCN1C(=O)[C@@H](CCc1ccccc1)NC(=O)[C@H](O)Cc1ccc(O)cc1. The molecule has 1 saturated heterocycles. The maximum absolute atomic E-state index is 13.8. The fraction of sp³-hybridized carbons (Fsp3) is 0.433. The number of carbonyl (C=O) groups is 4. The number of nitrogens with two attached hydrogens (primary N) is 2. The number of nitrogens with one attached hydrogen (secondary N) is 2. The van der Waals surface area contributed by atoms with Crippen molar-refractivity contribution in [3.8, 4) is 5.75 Å². The third-order valence-corrected chi connectivity index (χ3v) is 7.15. The number of hydrogen-bond acceptors (Lipinski definition) is 7. The first kappa shape index (κ1) is 32.1. The summed E-state index contributed by atoms with van der Waals surface area (Å²) in [6, 6.07) is 13.1. The van der Waals surface area contributed by atoms with Crippen molar-refractivity contribution in [1.29, 1.82) is 0 Å². The third-order valence-electron chi connectivity index (χ3n) is 7.15. The number of likely N-dealkylation sites (tertiary alicyclic amines) is 1. The largest absolute Gasteiger partial charge is 0.508 e. The third kappa shape index (κ3) is 9.88. The molecule has 1 unspecified atom stereocenters. The molecule has 3 amide bonds. The van der Waals surface area contributed by atoms with Crippen LogP contribution in [-0.2, 0) is 32.0 Å². The van der Waals surface area contributed by atoms with Crippen LogP contribution in [0.3, 0.4) is 0 Å². The van der Waals surface area contributed by atoms with Crippen molar-refractivity contribution < 1.29 is 29.4 Å². The zero-order valence-electron chi connectivity index (χ0n) is 23.5. The van der Waals surface area contributed by atoms with E-state index in [1.807, 2.05) is 30.3 Å². The molecule has 12 nitrogen and oxygen atoms in total. The van der Waals surface area contributed by atoms with E-state index in [1.54, 1.807) is 12.1 Å². The van der Waals surface area contributed by atoms with Gasteiger partial charge in [-0.15, -0.1) is 0 Å². The van der Waals surface area contributed by atoms with E-state index < -0.39 is 42.0 Å². The fourth-order valence-electron chi connectivity index (χ4n) is 4.90. The number of phenols is 1. The number of aliphatic hydroxyl groups excluding tert-OH is 1. The highest BCUT2D eigenvalue weighted by atomic mass is 16.3. The predicted molar refractivity (Wildman–Crippen MR) is 157 cm³/mol. The first-order valence-corrected chi connectivity index (χ1v) is 14.1. The molecule has 0 aromatic heterocycles. The average molecular weight is 581 g/mol. The molecule has 2 aromatic carbocycles. The molecule has 1 aliphatic rings. The molecular formula is C30H40N6O6. The topological polar surface area (TPSA) is 200 Å². The zero-order valence-corrected chi connectivity index (χ0v) is 23.5. The quantitative estimate of drug-likeness (QED) is 0.0739. The van der Waals surface area contributed by atoms with Gasteiger partial charge in [0, 0.05) is 19.5 Å². The molecule has 2 aromatic rings. The Kier molecular flexibility index (Phi) is 12.3. The number of guanidine groups is 1. The minimum Gasteiger partial charge on any atom is -0.508 e. The summed E-state index contributed by atoms with van der Waals surface area (Å²) in [5.74, 6) is -1.57. The number of rotatable bonds is 15. The van der Waals surface area contributed by atoms with Crippen molar-refractivity contribution in [3.05, 3.63) is 65.7 Å². The second-order valence-electron chi connectivity index (χ2n) is 10.4. The normalized spacial score (nSPS) is 16.6. The Morgan fingerprint density at radius 1 is 1.02 bits per heavy atom. The van der Waals surface area contributed by atoms with E-state index in [0.717, 1.165) is 5.56 Å². The molecule has 0 aliphatic carbocycles. The molecule has 1 aliphatic heterocycles. The number of nitrogens with zero attached hydrogens (tertiary/aromatic N) is 2. The Labute approximate surface area is 245 Å². The van der Waals surface area contributed by atoms with E-state index in [9.17, 15) is 29.4 Å². The van der Waals surface area contributed by atoms with Gasteiger partial charge in [-0.25, -0.2) is 0 Å². The van der Waals surface area contributed by atoms with Crippen LogP contribution in [-0.4, -0.2) is 82.4 Å². The van der Waals surface area contributed by atoms with Gasteiger partial charge in [-0.1, -0.05) is 42.5 Å². The van der Waals surface area contributed by atoms with Gasteiger partial charge in [0.25, 0.3) is 0 Å². The number of aliphatic imine (C=N–C) groups is 1. The van der Waals surface area contributed by atoms with Crippen molar-refractivity contribution in [2.24, 2.45) is 16.5 Å². The number of phenolic OH excluding ortho intramolecular Hbond substituents is 1. The number of benzene rings is 2. The summed E-state index contributed by atoms with van der Waals surface area (Å²) in [4.78, 5) is 56.8. The summed E-state index contributed by atoms with van der Waals surface area (Å²) in [6.07, 6.45) is 1.78. The van der Waals surface area contributed by atoms with Crippen molar-refractivity contribution in [3.63, 3.8) is 0 Å². The van der Waals surface area contributed by atoms with Crippen LogP contribution in [0.1, 0.15) is 43.2 Å². The summed E-state index contributed by atoms with van der Waals surface area (Å²) in [7, 11) is 0. The molecule has 1 heterocycles. The highest BCUT2D eigenvalue weighted by Crippen LogP contribution is 2.21. The Balaban J connectivity index is 1.68. The fourth-order valence-corrected chi connectivity index (χ4v) is 4.90. The summed E-state index contributed by atoms with van der Waals surface area (Å²) in [5, 5.41) is 25.5. The van der Waals surface area contributed by atoms with Crippen molar-refractivity contribution >= 4 is 30.0 Å². The number of aromatic hydroxyl groups is 1. The summed E-state index contributed by atoms with van der Waals surface area (Å²) in [6.45, 7) is 0.638. The van der Waals surface area contributed by atoms with Crippen molar-refractivity contribution in [1.82, 2.24) is 15.5 Å². The van der Waals surface area contributed by atoms with Crippen LogP contribution in [0.25, 0.3) is 0 Å². The van der Waals surface area contributed by atoms with Crippen LogP contribution in [0.5, 0.6) is 5.75 Å². The number of aldehydes is 1. The number of amides is 3. The lowest BCUT2D eigenvalue weighted by molar-refractivity contribution is -0.143. The van der Waals surface area contributed by atoms with Crippen LogP contribution >= 0.6 is 0 Å². The molecule has 4 atom stereocenters. The van der Waals surface area contributed by atoms with Crippen LogP contribution in [0, 0.1) is 0 Å². The Hall–Kier alpha value is -4.45. The van der Waals surface area contributed by atoms with Crippen LogP contribution in [0.2, 0.25) is 0 Å². The van der Waals surface area contributed by atoms with Crippen LogP contribution in [0.15, 0.2) is 59.6 Å². The molecule has 0 bridgehead atoms. The second kappa shape index (κ2) is 16.1. The highest BCUT2D eigenvalue weighted by Gasteiger charge is 2.38. The van der Waals surface area contributed by atoms with Crippen molar-refractivity contribution in [2.75, 3.05) is 13.1 Å². The summed E-state index contributed by atoms with van der Waals surface area (Å²) < 4.78 is 0. The van der Waals surface area contributed by atoms with Gasteiger partial charge in [0.15, 0.2) is 5.96 Å². The lowest BCUT2D eigenvalue weighted by Gasteiger charge is -2.30. The summed E-state index contributed by atoms with van der Waals surface area (Å²) >= 11 is 0.